The first kappa shape index (κ1) is 30.2. The van der Waals surface area contributed by atoms with Crippen molar-refractivity contribution >= 4 is 42.0 Å². The second-order valence-electron chi connectivity index (χ2n) is 8.64. The van der Waals surface area contributed by atoms with Crippen LogP contribution in [-0.4, -0.2) is 50.1 Å². The molecule has 212 valence electrons. The van der Waals surface area contributed by atoms with Crippen LogP contribution in [0, 0.1) is 0 Å². The van der Waals surface area contributed by atoms with Gasteiger partial charge in [0.15, 0.2) is 0 Å². The Kier molecular flexibility index (Phi) is 7.25. The Hall–Kier alpha value is -2.33. The molecule has 3 aromatic rings. The third-order valence-electron chi connectivity index (χ3n) is 5.47. The fraction of sp³-hybridized carbons (Fsp3) is 0.364. The minimum absolute atomic E-state index is 0.304. The first-order valence-electron chi connectivity index (χ1n) is 10.1. The van der Waals surface area contributed by atoms with E-state index in [-0.39, 0.29) is 0 Å². The number of halogens is 11. The maximum atomic E-state index is 14.3. The number of alkyl halides is 11. The van der Waals surface area contributed by atoms with Crippen molar-refractivity contribution in [3.63, 3.8) is 0 Å². The SMILES string of the molecule is CS(C)(Cc1c2ccccc2cc2ccccc12)OS(=O)(=O)C(F)(F)C(F)(F)C(F)(F)C(F)(F)C(F)(F)F. The molecule has 3 aromatic carbocycles. The van der Waals surface area contributed by atoms with E-state index in [2.05, 4.69) is 3.63 Å². The monoisotopic (exact) mass is 602 g/mol. The van der Waals surface area contributed by atoms with Gasteiger partial charge in [-0.1, -0.05) is 48.5 Å². The van der Waals surface area contributed by atoms with Gasteiger partial charge in [0.05, 0.1) is 0 Å². The first-order chi connectivity index (χ1) is 17.0. The highest BCUT2D eigenvalue weighted by Gasteiger charge is 2.90. The first-order valence-corrected chi connectivity index (χ1v) is 14.1. The number of hydrogen-bond donors (Lipinski definition) is 0. The van der Waals surface area contributed by atoms with Crippen LogP contribution in [0.2, 0.25) is 0 Å². The highest BCUT2D eigenvalue weighted by molar-refractivity contribution is 8.31. The molecule has 0 heterocycles. The molecule has 0 fully saturated rings. The van der Waals surface area contributed by atoms with E-state index in [1.165, 1.54) is 0 Å². The van der Waals surface area contributed by atoms with Crippen LogP contribution < -0.4 is 0 Å². The van der Waals surface area contributed by atoms with Crippen LogP contribution in [0.15, 0.2) is 54.6 Å². The maximum absolute atomic E-state index is 14.3. The number of fused-ring (bicyclic) bond motifs is 2. The van der Waals surface area contributed by atoms with Gasteiger partial charge in [-0.25, -0.2) is 3.63 Å². The summed E-state index contributed by atoms with van der Waals surface area (Å²) in [4.78, 5) is 0. The fourth-order valence-corrected chi connectivity index (χ4v) is 7.56. The van der Waals surface area contributed by atoms with Gasteiger partial charge in [0.25, 0.3) is 0 Å². The van der Waals surface area contributed by atoms with Gasteiger partial charge in [-0.2, -0.15) is 56.7 Å². The van der Waals surface area contributed by atoms with Crippen LogP contribution in [-0.2, 0) is 19.5 Å². The standard InChI is InChI=1S/C22H17F11O3S2/c1-37(2,12-17-15-9-5-3-7-13(15)11-14-8-4-6-10-16(14)17)36-38(34,35)22(32,33)20(27,28)18(23,24)19(25,26)21(29,30)31/h3-11H,12H2,1-2H3. The highest BCUT2D eigenvalue weighted by atomic mass is 32.3. The van der Waals surface area contributed by atoms with Gasteiger partial charge >= 0.3 is 39.3 Å². The van der Waals surface area contributed by atoms with Crippen molar-refractivity contribution in [3.05, 3.63) is 60.2 Å². The molecule has 0 aliphatic rings. The predicted octanol–water partition coefficient (Wildman–Crippen LogP) is 7.88. The van der Waals surface area contributed by atoms with E-state index in [4.69, 9.17) is 0 Å². The molecule has 0 atom stereocenters. The summed E-state index contributed by atoms with van der Waals surface area (Å²) in [6.45, 7) is 0. The Labute approximate surface area is 210 Å². The maximum Gasteiger partial charge on any atom is 0.460 e. The zero-order valence-electron chi connectivity index (χ0n) is 19.1. The second-order valence-corrected chi connectivity index (χ2v) is 13.8. The normalized spacial score (nSPS) is 15.3. The molecule has 0 bridgehead atoms. The summed E-state index contributed by atoms with van der Waals surface area (Å²) < 4.78 is 176. The van der Waals surface area contributed by atoms with Crippen molar-refractivity contribution in [3.8, 4) is 0 Å². The van der Waals surface area contributed by atoms with Crippen molar-refractivity contribution in [2.45, 2.75) is 35.0 Å². The lowest BCUT2D eigenvalue weighted by Gasteiger charge is -2.38. The summed E-state index contributed by atoms with van der Waals surface area (Å²) >= 11 is 0. The molecule has 0 spiro atoms. The van der Waals surface area contributed by atoms with Crippen LogP contribution in [0.1, 0.15) is 5.56 Å². The van der Waals surface area contributed by atoms with E-state index in [1.807, 2.05) is 0 Å². The molecule has 0 radical (unpaired) electrons. The van der Waals surface area contributed by atoms with Crippen LogP contribution >= 0.6 is 10.3 Å². The van der Waals surface area contributed by atoms with Gasteiger partial charge in [-0.05, 0) is 45.7 Å². The molecule has 3 rings (SSSR count). The summed E-state index contributed by atoms with van der Waals surface area (Å²) in [5.41, 5.74) is 0.304. The van der Waals surface area contributed by atoms with E-state index < -0.39 is 55.4 Å². The zero-order valence-corrected chi connectivity index (χ0v) is 20.7. The molecule has 0 aliphatic carbocycles. The molecule has 38 heavy (non-hydrogen) atoms. The van der Waals surface area contributed by atoms with E-state index in [1.54, 1.807) is 54.6 Å². The van der Waals surface area contributed by atoms with Gasteiger partial charge in [-0.15, -0.1) is 10.3 Å². The molecule has 0 saturated heterocycles. The second kappa shape index (κ2) is 9.11. The van der Waals surface area contributed by atoms with Gasteiger partial charge < -0.3 is 0 Å². The van der Waals surface area contributed by atoms with Gasteiger partial charge in [0.2, 0.25) is 0 Å². The van der Waals surface area contributed by atoms with Crippen molar-refractivity contribution in [1.82, 2.24) is 0 Å². The van der Waals surface area contributed by atoms with E-state index in [9.17, 15) is 56.7 Å². The van der Waals surface area contributed by atoms with E-state index in [0.29, 0.717) is 27.1 Å². The Balaban J connectivity index is 2.05. The lowest BCUT2D eigenvalue weighted by molar-refractivity contribution is -0.413. The molecule has 16 heteroatoms. The minimum atomic E-state index is -7.87. The third-order valence-corrected chi connectivity index (χ3v) is 9.53. The van der Waals surface area contributed by atoms with Crippen molar-refractivity contribution < 1.29 is 60.3 Å². The van der Waals surface area contributed by atoms with Gasteiger partial charge in [0.1, 0.15) is 0 Å². The lowest BCUT2D eigenvalue weighted by atomic mass is 9.98. The molecule has 0 saturated carbocycles. The number of benzene rings is 3. The van der Waals surface area contributed by atoms with Crippen LogP contribution in [0.4, 0.5) is 48.3 Å². The van der Waals surface area contributed by atoms with E-state index >= 15 is 0 Å². The van der Waals surface area contributed by atoms with Gasteiger partial charge in [0, 0.05) is 5.75 Å². The molecule has 0 unspecified atom stereocenters. The van der Waals surface area contributed by atoms with E-state index in [0.717, 1.165) is 12.5 Å². The molecular weight excluding hydrogens is 585 g/mol. The number of hydrogen-bond acceptors (Lipinski definition) is 3. The largest absolute Gasteiger partial charge is 0.460 e. The Bertz CT molecular complexity index is 1410. The lowest BCUT2D eigenvalue weighted by Crippen LogP contribution is -2.68. The molecular formula is C22H17F11O3S2. The topological polar surface area (TPSA) is 43.4 Å². The Morgan fingerprint density at radius 3 is 1.50 bits per heavy atom. The molecule has 0 N–H and O–H groups in total. The van der Waals surface area contributed by atoms with Crippen LogP contribution in [0.5, 0.6) is 0 Å². The summed E-state index contributed by atoms with van der Waals surface area (Å²) in [6.07, 6.45) is -5.64. The van der Waals surface area contributed by atoms with Crippen LogP contribution in [0.25, 0.3) is 21.5 Å². The fourth-order valence-electron chi connectivity index (χ4n) is 3.64. The average Bonchev–Trinajstić information content (AvgIpc) is 2.76. The smallest absolute Gasteiger partial charge is 0.215 e. The van der Waals surface area contributed by atoms with Gasteiger partial charge in [-0.3, -0.25) is 0 Å². The van der Waals surface area contributed by atoms with Crippen molar-refractivity contribution in [2.24, 2.45) is 0 Å². The van der Waals surface area contributed by atoms with Crippen molar-refractivity contribution in [1.29, 1.82) is 0 Å². The Morgan fingerprint density at radius 1 is 0.658 bits per heavy atom. The number of rotatable bonds is 8. The summed E-state index contributed by atoms with van der Waals surface area (Å²) in [5, 5.41) is -5.04. The molecule has 3 nitrogen and oxygen atoms in total. The summed E-state index contributed by atoms with van der Waals surface area (Å²) in [6, 6.07) is 14.7. The summed E-state index contributed by atoms with van der Waals surface area (Å²) in [5.74, 6) is -23.9. The molecule has 0 aliphatic heterocycles. The third kappa shape index (κ3) is 4.68. The quantitative estimate of drug-likeness (QED) is 0.195. The minimum Gasteiger partial charge on any atom is -0.215 e. The molecule has 0 aromatic heterocycles. The van der Waals surface area contributed by atoms with Crippen molar-refractivity contribution in [2.75, 3.05) is 12.5 Å². The Morgan fingerprint density at radius 2 is 1.08 bits per heavy atom. The average molecular weight is 602 g/mol. The molecule has 0 amide bonds. The van der Waals surface area contributed by atoms with Crippen LogP contribution in [0.3, 0.4) is 0 Å². The highest BCUT2D eigenvalue weighted by Crippen LogP contribution is 2.60. The zero-order chi connectivity index (χ0) is 29.2. The summed E-state index contributed by atoms with van der Waals surface area (Å²) in [7, 11) is -10.7. The predicted molar refractivity (Wildman–Crippen MR) is 120 cm³/mol.